The van der Waals surface area contributed by atoms with E-state index in [4.69, 9.17) is 10.9 Å². The molecule has 84 valence electrons. The lowest BCUT2D eigenvalue weighted by Crippen LogP contribution is -2.54. The quantitative estimate of drug-likeness (QED) is 0.302. The van der Waals surface area contributed by atoms with Crippen molar-refractivity contribution in [3.8, 4) is 0 Å². The zero-order valence-corrected chi connectivity index (χ0v) is 8.78. The third-order valence-electron chi connectivity index (χ3n) is 3.61. The van der Waals surface area contributed by atoms with E-state index in [1.165, 1.54) is 0 Å². The highest BCUT2D eigenvalue weighted by Crippen LogP contribution is 2.43. The Morgan fingerprint density at radius 1 is 1.27 bits per heavy atom. The number of rotatable bonds is 2. The molecule has 1 amide bonds. The Morgan fingerprint density at radius 2 is 1.87 bits per heavy atom. The van der Waals surface area contributed by atoms with Crippen LogP contribution in [-0.2, 0) is 4.79 Å². The lowest BCUT2D eigenvalue weighted by Gasteiger charge is -2.41. The third kappa shape index (κ3) is 1.46. The average Bonchev–Trinajstić information content (AvgIpc) is 2.68. The summed E-state index contributed by atoms with van der Waals surface area (Å²) in [5, 5.41) is 11.7. The lowest BCUT2D eigenvalue weighted by molar-refractivity contribution is -0.141. The van der Waals surface area contributed by atoms with Crippen LogP contribution in [0.2, 0.25) is 0 Å². The minimum absolute atomic E-state index is 0.0570. The van der Waals surface area contributed by atoms with Gasteiger partial charge in [0.2, 0.25) is 5.91 Å². The monoisotopic (exact) mass is 211 g/mol. The van der Waals surface area contributed by atoms with E-state index in [9.17, 15) is 4.79 Å². The Hall–Kier alpha value is -1.26. The van der Waals surface area contributed by atoms with Crippen LogP contribution >= 0.6 is 0 Å². The standard InChI is InChI=1S/C10H17N3O2/c11-8(12-15)10(4-3-5-10)9(14)13-6-1-2-7-13/h15H,1-7H2,(H2,11,12). The number of amidine groups is 1. The highest BCUT2D eigenvalue weighted by molar-refractivity contribution is 6.07. The number of nitrogens with two attached hydrogens (primary N) is 1. The maximum atomic E-state index is 12.2. The molecule has 0 unspecified atom stereocenters. The van der Waals surface area contributed by atoms with Crippen molar-refractivity contribution in [2.45, 2.75) is 32.1 Å². The molecule has 3 N–H and O–H groups in total. The maximum Gasteiger partial charge on any atom is 0.236 e. The van der Waals surface area contributed by atoms with Crippen molar-refractivity contribution in [3.05, 3.63) is 0 Å². The van der Waals surface area contributed by atoms with E-state index in [-0.39, 0.29) is 11.7 Å². The van der Waals surface area contributed by atoms with Gasteiger partial charge in [-0.1, -0.05) is 11.6 Å². The first-order chi connectivity index (χ1) is 7.20. The van der Waals surface area contributed by atoms with Crippen molar-refractivity contribution < 1.29 is 10.0 Å². The van der Waals surface area contributed by atoms with Gasteiger partial charge in [0.25, 0.3) is 0 Å². The Balaban J connectivity index is 2.15. The fourth-order valence-electron chi connectivity index (χ4n) is 2.43. The van der Waals surface area contributed by atoms with E-state index in [0.717, 1.165) is 45.2 Å². The second-order valence-electron chi connectivity index (χ2n) is 4.42. The number of nitrogens with zero attached hydrogens (tertiary/aromatic N) is 2. The Morgan fingerprint density at radius 3 is 2.27 bits per heavy atom. The van der Waals surface area contributed by atoms with Crippen molar-refractivity contribution in [3.63, 3.8) is 0 Å². The summed E-state index contributed by atoms with van der Waals surface area (Å²) in [6, 6.07) is 0. The number of carbonyl (C=O) groups excluding carboxylic acids is 1. The molecule has 1 heterocycles. The molecule has 1 aliphatic heterocycles. The first-order valence-corrected chi connectivity index (χ1v) is 5.48. The molecule has 1 saturated carbocycles. The summed E-state index contributed by atoms with van der Waals surface area (Å²) in [5.74, 6) is 0.146. The molecule has 5 heteroatoms. The van der Waals surface area contributed by atoms with Gasteiger partial charge in [-0.3, -0.25) is 4.79 Å². The van der Waals surface area contributed by atoms with Gasteiger partial charge in [-0.2, -0.15) is 0 Å². The lowest BCUT2D eigenvalue weighted by atomic mass is 9.67. The molecule has 0 radical (unpaired) electrons. The SMILES string of the molecule is NC(=NO)C1(C(=O)N2CCCC2)CCC1. The summed E-state index contributed by atoms with van der Waals surface area (Å²) in [4.78, 5) is 14.0. The zero-order valence-electron chi connectivity index (χ0n) is 8.78. The molecule has 0 bridgehead atoms. The highest BCUT2D eigenvalue weighted by Gasteiger charge is 2.50. The first-order valence-electron chi connectivity index (χ1n) is 5.48. The molecule has 2 fully saturated rings. The second kappa shape index (κ2) is 3.72. The van der Waals surface area contributed by atoms with E-state index in [2.05, 4.69) is 5.16 Å². The highest BCUT2D eigenvalue weighted by atomic mass is 16.4. The van der Waals surface area contributed by atoms with Gasteiger partial charge in [0.15, 0.2) is 5.84 Å². The van der Waals surface area contributed by atoms with Gasteiger partial charge in [0, 0.05) is 13.1 Å². The fraction of sp³-hybridized carbons (Fsp3) is 0.800. The van der Waals surface area contributed by atoms with Crippen molar-refractivity contribution in [2.24, 2.45) is 16.3 Å². The van der Waals surface area contributed by atoms with Crippen LogP contribution in [0.4, 0.5) is 0 Å². The van der Waals surface area contributed by atoms with Gasteiger partial charge in [-0.05, 0) is 25.7 Å². The van der Waals surface area contributed by atoms with Crippen molar-refractivity contribution in [1.29, 1.82) is 0 Å². The summed E-state index contributed by atoms with van der Waals surface area (Å²) in [7, 11) is 0. The molecule has 0 spiro atoms. The number of carbonyl (C=O) groups is 1. The van der Waals surface area contributed by atoms with E-state index in [1.54, 1.807) is 0 Å². The van der Waals surface area contributed by atoms with Crippen LogP contribution in [0.25, 0.3) is 0 Å². The summed E-state index contributed by atoms with van der Waals surface area (Å²) in [6.07, 6.45) is 4.56. The third-order valence-corrected chi connectivity index (χ3v) is 3.61. The van der Waals surface area contributed by atoms with Crippen LogP contribution < -0.4 is 5.73 Å². The van der Waals surface area contributed by atoms with Gasteiger partial charge < -0.3 is 15.8 Å². The van der Waals surface area contributed by atoms with Gasteiger partial charge in [-0.15, -0.1) is 0 Å². The predicted molar refractivity (Wildman–Crippen MR) is 55.5 cm³/mol. The molecule has 15 heavy (non-hydrogen) atoms. The molecule has 1 saturated heterocycles. The smallest absolute Gasteiger partial charge is 0.236 e. The summed E-state index contributed by atoms with van der Waals surface area (Å²) >= 11 is 0. The molecule has 0 aromatic rings. The minimum Gasteiger partial charge on any atom is -0.409 e. The molecule has 2 aliphatic rings. The molecular weight excluding hydrogens is 194 g/mol. The molecule has 2 rings (SSSR count). The van der Waals surface area contributed by atoms with Crippen molar-refractivity contribution >= 4 is 11.7 Å². The van der Waals surface area contributed by atoms with Crippen molar-refractivity contribution in [1.82, 2.24) is 4.90 Å². The molecule has 0 atom stereocenters. The number of hydrogen-bond donors (Lipinski definition) is 2. The zero-order chi connectivity index (χ0) is 10.9. The number of oxime groups is 1. The molecular formula is C10H17N3O2. The normalized spacial score (nSPS) is 25.1. The van der Waals surface area contributed by atoms with Crippen LogP contribution in [0.5, 0.6) is 0 Å². The second-order valence-corrected chi connectivity index (χ2v) is 4.42. The van der Waals surface area contributed by atoms with Gasteiger partial charge in [-0.25, -0.2) is 0 Å². The molecule has 1 aliphatic carbocycles. The Kier molecular flexibility index (Phi) is 2.54. The topological polar surface area (TPSA) is 78.9 Å². The molecule has 5 nitrogen and oxygen atoms in total. The molecule has 0 aromatic carbocycles. The Bertz CT molecular complexity index is 291. The van der Waals surface area contributed by atoms with Gasteiger partial charge in [0.05, 0.1) is 0 Å². The van der Waals surface area contributed by atoms with E-state index < -0.39 is 5.41 Å². The van der Waals surface area contributed by atoms with Crippen molar-refractivity contribution in [2.75, 3.05) is 13.1 Å². The van der Waals surface area contributed by atoms with Crippen LogP contribution in [0, 0.1) is 5.41 Å². The summed E-state index contributed by atoms with van der Waals surface area (Å²) in [6.45, 7) is 1.64. The van der Waals surface area contributed by atoms with E-state index >= 15 is 0 Å². The van der Waals surface area contributed by atoms with Gasteiger partial charge >= 0.3 is 0 Å². The number of amides is 1. The first kappa shape index (κ1) is 10.3. The summed E-state index contributed by atoms with van der Waals surface area (Å²) < 4.78 is 0. The van der Waals surface area contributed by atoms with Crippen LogP contribution in [0.1, 0.15) is 32.1 Å². The maximum absolute atomic E-state index is 12.2. The predicted octanol–water partition coefficient (Wildman–Crippen LogP) is 0.525. The largest absolute Gasteiger partial charge is 0.409 e. The Labute approximate surface area is 88.9 Å². The van der Waals surface area contributed by atoms with Gasteiger partial charge in [0.1, 0.15) is 5.41 Å². The number of likely N-dealkylation sites (tertiary alicyclic amines) is 1. The van der Waals surface area contributed by atoms with E-state index in [0.29, 0.717) is 0 Å². The number of hydrogen-bond acceptors (Lipinski definition) is 3. The minimum atomic E-state index is -0.681. The van der Waals surface area contributed by atoms with Crippen LogP contribution in [0.15, 0.2) is 5.16 Å². The molecule has 0 aromatic heterocycles. The van der Waals surface area contributed by atoms with Crippen LogP contribution in [-0.4, -0.2) is 34.9 Å². The summed E-state index contributed by atoms with van der Waals surface area (Å²) in [5.41, 5.74) is 4.95. The van der Waals surface area contributed by atoms with E-state index in [1.807, 2.05) is 4.90 Å². The fourth-order valence-corrected chi connectivity index (χ4v) is 2.43. The van der Waals surface area contributed by atoms with Crippen LogP contribution in [0.3, 0.4) is 0 Å². The average molecular weight is 211 g/mol.